The van der Waals surface area contributed by atoms with Gasteiger partial charge in [0.25, 0.3) is 15.9 Å². The lowest BCUT2D eigenvalue weighted by Crippen LogP contribution is -2.31. The fourth-order valence-electron chi connectivity index (χ4n) is 2.83. The van der Waals surface area contributed by atoms with Crippen molar-refractivity contribution in [3.05, 3.63) is 96.1 Å². The largest absolute Gasteiger partial charge is 0.274 e. The first-order valence-electron chi connectivity index (χ1n) is 9.16. The number of sulfonamides is 1. The van der Waals surface area contributed by atoms with Gasteiger partial charge in [0.15, 0.2) is 0 Å². The molecule has 6 nitrogen and oxygen atoms in total. The minimum Gasteiger partial charge on any atom is -0.269 e. The molecule has 1 N–H and O–H groups in total. The van der Waals surface area contributed by atoms with Crippen LogP contribution in [0.5, 0.6) is 0 Å². The standard InChI is InChI=1S/C22H22N2O4S/c1-2-24(20-13-7-4-8-14-20)29(26,27)21-15-9-12-19(16-21)22(25)23-28-17-18-10-5-3-6-11-18/h3-16H,2,17H2,1H3,(H,23,25). The molecule has 3 aromatic carbocycles. The summed E-state index contributed by atoms with van der Waals surface area (Å²) in [6.07, 6.45) is 0. The average molecular weight is 410 g/mol. The van der Waals surface area contributed by atoms with Crippen LogP contribution in [0.4, 0.5) is 5.69 Å². The Bertz CT molecular complexity index is 1050. The van der Waals surface area contributed by atoms with E-state index >= 15 is 0 Å². The number of hydrogen-bond donors (Lipinski definition) is 1. The highest BCUT2D eigenvalue weighted by molar-refractivity contribution is 7.92. The zero-order valence-corrected chi connectivity index (χ0v) is 16.8. The molecule has 0 radical (unpaired) electrons. The molecule has 3 rings (SSSR count). The minimum atomic E-state index is -3.81. The molecule has 0 spiro atoms. The van der Waals surface area contributed by atoms with Crippen molar-refractivity contribution in [3.8, 4) is 0 Å². The molecule has 1 amide bonds. The third-order valence-corrected chi connectivity index (χ3v) is 6.16. The Morgan fingerprint density at radius 1 is 0.931 bits per heavy atom. The van der Waals surface area contributed by atoms with Crippen LogP contribution >= 0.6 is 0 Å². The minimum absolute atomic E-state index is 0.0407. The molecule has 0 aliphatic heterocycles. The second kappa shape index (κ2) is 9.36. The third kappa shape index (κ3) is 5.01. The van der Waals surface area contributed by atoms with E-state index in [-0.39, 0.29) is 23.6 Å². The number of carbonyl (C=O) groups is 1. The van der Waals surface area contributed by atoms with E-state index in [2.05, 4.69) is 5.48 Å². The second-order valence-corrected chi connectivity index (χ2v) is 8.10. The summed E-state index contributed by atoms with van der Waals surface area (Å²) in [5.41, 5.74) is 4.02. The number of carbonyl (C=O) groups excluding carboxylic acids is 1. The predicted molar refractivity (Wildman–Crippen MR) is 112 cm³/mol. The molecule has 3 aromatic rings. The summed E-state index contributed by atoms with van der Waals surface area (Å²) in [5.74, 6) is -0.513. The number of rotatable bonds is 8. The number of amides is 1. The summed E-state index contributed by atoms with van der Waals surface area (Å²) in [6, 6.07) is 24.1. The molecule has 7 heteroatoms. The van der Waals surface area contributed by atoms with E-state index in [1.165, 1.54) is 22.5 Å². The quantitative estimate of drug-likeness (QED) is 0.574. The summed E-state index contributed by atoms with van der Waals surface area (Å²) in [6.45, 7) is 2.24. The van der Waals surface area contributed by atoms with Crippen molar-refractivity contribution in [1.29, 1.82) is 0 Å². The van der Waals surface area contributed by atoms with Gasteiger partial charge in [-0.3, -0.25) is 13.9 Å². The van der Waals surface area contributed by atoms with E-state index < -0.39 is 15.9 Å². The Hall–Kier alpha value is -3.16. The highest BCUT2D eigenvalue weighted by Crippen LogP contribution is 2.23. The zero-order valence-electron chi connectivity index (χ0n) is 16.0. The lowest BCUT2D eigenvalue weighted by Gasteiger charge is -2.23. The zero-order chi connectivity index (χ0) is 20.7. The summed E-state index contributed by atoms with van der Waals surface area (Å²) < 4.78 is 27.5. The van der Waals surface area contributed by atoms with E-state index in [0.717, 1.165) is 5.56 Å². The maximum absolute atomic E-state index is 13.1. The van der Waals surface area contributed by atoms with Crippen molar-refractivity contribution in [3.63, 3.8) is 0 Å². The smallest absolute Gasteiger partial charge is 0.269 e. The van der Waals surface area contributed by atoms with E-state index in [1.807, 2.05) is 36.4 Å². The second-order valence-electron chi connectivity index (χ2n) is 6.24. The van der Waals surface area contributed by atoms with Gasteiger partial charge in [0.1, 0.15) is 0 Å². The van der Waals surface area contributed by atoms with Gasteiger partial charge in [-0.1, -0.05) is 54.6 Å². The van der Waals surface area contributed by atoms with E-state index in [9.17, 15) is 13.2 Å². The van der Waals surface area contributed by atoms with Crippen LogP contribution < -0.4 is 9.79 Å². The number of anilines is 1. The number of benzene rings is 3. The van der Waals surface area contributed by atoms with Crippen LogP contribution in [0, 0.1) is 0 Å². The fraction of sp³-hybridized carbons (Fsp3) is 0.136. The normalized spacial score (nSPS) is 11.1. The van der Waals surface area contributed by atoms with Crippen molar-refractivity contribution in [2.75, 3.05) is 10.8 Å². The highest BCUT2D eigenvalue weighted by Gasteiger charge is 2.24. The van der Waals surface area contributed by atoms with Gasteiger partial charge in [0.2, 0.25) is 0 Å². The summed E-state index contributed by atoms with van der Waals surface area (Å²) >= 11 is 0. The molecule has 0 aliphatic rings. The number of hydrogen-bond acceptors (Lipinski definition) is 4. The van der Waals surface area contributed by atoms with Crippen LogP contribution in [0.25, 0.3) is 0 Å². The first-order chi connectivity index (χ1) is 14.0. The molecular weight excluding hydrogens is 388 g/mol. The van der Waals surface area contributed by atoms with Crippen molar-refractivity contribution >= 4 is 21.6 Å². The van der Waals surface area contributed by atoms with Gasteiger partial charge in [-0.25, -0.2) is 13.9 Å². The Kier molecular flexibility index (Phi) is 6.64. The van der Waals surface area contributed by atoms with Gasteiger partial charge < -0.3 is 0 Å². The molecular formula is C22H22N2O4S. The number of hydroxylamine groups is 1. The van der Waals surface area contributed by atoms with E-state index in [1.54, 1.807) is 37.3 Å². The molecule has 0 atom stereocenters. The van der Waals surface area contributed by atoms with E-state index in [0.29, 0.717) is 5.69 Å². The molecule has 0 aromatic heterocycles. The molecule has 0 saturated carbocycles. The summed E-state index contributed by atoms with van der Waals surface area (Å²) in [7, 11) is -3.81. The number of nitrogens with one attached hydrogen (secondary N) is 1. The van der Waals surface area contributed by atoms with Crippen LogP contribution in [0.3, 0.4) is 0 Å². The van der Waals surface area contributed by atoms with Gasteiger partial charge in [0.05, 0.1) is 17.2 Å². The van der Waals surface area contributed by atoms with Gasteiger partial charge in [-0.15, -0.1) is 0 Å². The maximum atomic E-state index is 13.1. The topological polar surface area (TPSA) is 75.7 Å². The summed E-state index contributed by atoms with van der Waals surface area (Å²) in [4.78, 5) is 17.7. The van der Waals surface area contributed by atoms with Gasteiger partial charge in [-0.2, -0.15) is 0 Å². The number of para-hydroxylation sites is 1. The van der Waals surface area contributed by atoms with E-state index in [4.69, 9.17) is 4.84 Å². The Labute approximate surface area is 170 Å². The molecule has 0 bridgehead atoms. The average Bonchev–Trinajstić information content (AvgIpc) is 2.75. The van der Waals surface area contributed by atoms with Crippen molar-refractivity contribution in [2.24, 2.45) is 0 Å². The van der Waals surface area contributed by atoms with Crippen molar-refractivity contribution in [1.82, 2.24) is 5.48 Å². The lowest BCUT2D eigenvalue weighted by molar-refractivity contribution is 0.0233. The molecule has 0 saturated heterocycles. The van der Waals surface area contributed by atoms with Gasteiger partial charge in [0, 0.05) is 12.1 Å². The molecule has 0 heterocycles. The van der Waals surface area contributed by atoms with Crippen LogP contribution in [0.2, 0.25) is 0 Å². The highest BCUT2D eigenvalue weighted by atomic mass is 32.2. The summed E-state index contributed by atoms with van der Waals surface area (Å²) in [5, 5.41) is 0. The molecule has 150 valence electrons. The third-order valence-electron chi connectivity index (χ3n) is 4.26. The first kappa shape index (κ1) is 20.6. The van der Waals surface area contributed by atoms with Gasteiger partial charge >= 0.3 is 0 Å². The molecule has 0 unspecified atom stereocenters. The SMILES string of the molecule is CCN(c1ccccc1)S(=O)(=O)c1cccc(C(=O)NOCc2ccccc2)c1. The fourth-order valence-corrected chi connectivity index (χ4v) is 4.35. The molecule has 0 fully saturated rings. The molecule has 29 heavy (non-hydrogen) atoms. The van der Waals surface area contributed by atoms with Crippen LogP contribution in [0.15, 0.2) is 89.8 Å². The maximum Gasteiger partial charge on any atom is 0.274 e. The van der Waals surface area contributed by atoms with Crippen LogP contribution in [-0.4, -0.2) is 20.9 Å². The van der Waals surface area contributed by atoms with Crippen LogP contribution in [-0.2, 0) is 21.5 Å². The Morgan fingerprint density at radius 2 is 1.59 bits per heavy atom. The Morgan fingerprint density at radius 3 is 2.24 bits per heavy atom. The van der Waals surface area contributed by atoms with Crippen molar-refractivity contribution < 1.29 is 18.0 Å². The number of nitrogens with zero attached hydrogens (tertiary/aromatic N) is 1. The lowest BCUT2D eigenvalue weighted by atomic mass is 10.2. The van der Waals surface area contributed by atoms with Crippen molar-refractivity contribution in [2.45, 2.75) is 18.4 Å². The van der Waals surface area contributed by atoms with Crippen LogP contribution in [0.1, 0.15) is 22.8 Å². The van der Waals surface area contributed by atoms with Gasteiger partial charge in [-0.05, 0) is 42.8 Å². The Balaban J connectivity index is 1.74. The predicted octanol–water partition coefficient (Wildman–Crippen LogP) is 3.76. The monoisotopic (exact) mass is 410 g/mol. The first-order valence-corrected chi connectivity index (χ1v) is 10.6. The molecule has 0 aliphatic carbocycles.